The van der Waals surface area contributed by atoms with E-state index in [1.54, 1.807) is 18.2 Å². The van der Waals surface area contributed by atoms with Crippen LogP contribution in [0, 0.1) is 5.39 Å². The van der Waals surface area contributed by atoms with Crippen molar-refractivity contribution in [2.75, 3.05) is 5.43 Å². The molecule has 56 valence electrons. The molecule has 1 rings (SSSR count). The second-order valence-electron chi connectivity index (χ2n) is 1.84. The van der Waals surface area contributed by atoms with Crippen LogP contribution in [0.2, 0.25) is 10.0 Å². The summed E-state index contributed by atoms with van der Waals surface area (Å²) < 4.78 is 0. The fraction of sp³-hybridized carbons (Fsp3) is 0. The summed E-state index contributed by atoms with van der Waals surface area (Å²) in [7, 11) is 0. The van der Waals surface area contributed by atoms with Gasteiger partial charge in [-0.05, 0) is 23.6 Å². The Hall–Kier alpha value is -0.980. The number of rotatable bonds is 1. The molecule has 3 nitrogen and oxygen atoms in total. The van der Waals surface area contributed by atoms with E-state index in [9.17, 15) is 0 Å². The van der Waals surface area contributed by atoms with Gasteiger partial charge in [-0.1, -0.05) is 23.2 Å². The first-order valence-corrected chi connectivity index (χ1v) is 3.55. The van der Waals surface area contributed by atoms with Crippen LogP contribution in [0.3, 0.4) is 0 Å². The first kappa shape index (κ1) is 8.12. The van der Waals surface area contributed by atoms with E-state index in [0.29, 0.717) is 15.7 Å². The molecule has 0 aromatic heterocycles. The van der Waals surface area contributed by atoms with Crippen molar-refractivity contribution >= 4 is 28.9 Å². The third-order valence-electron chi connectivity index (χ3n) is 1.10. The number of nitrogens with zero attached hydrogens (tertiary/aromatic N) is 2. The standard InChI is InChI=1S/C6H4Cl2N3/c7-4-1-2-6(10-11-9)5(8)3-4/h1-3,10H/q+1. The van der Waals surface area contributed by atoms with Crippen molar-refractivity contribution in [2.45, 2.75) is 0 Å². The molecule has 0 saturated heterocycles. The van der Waals surface area contributed by atoms with E-state index in [0.717, 1.165) is 0 Å². The number of diazo groups is 1. The van der Waals surface area contributed by atoms with Crippen molar-refractivity contribution in [3.8, 4) is 0 Å². The third-order valence-corrected chi connectivity index (χ3v) is 1.65. The Morgan fingerprint density at radius 3 is 2.64 bits per heavy atom. The Kier molecular flexibility index (Phi) is 2.53. The quantitative estimate of drug-likeness (QED) is 0.544. The molecule has 0 aliphatic carbocycles. The molecule has 1 aromatic rings. The van der Waals surface area contributed by atoms with Gasteiger partial charge in [-0.2, -0.15) is 0 Å². The molecular formula is C6H4Cl2N3+. The van der Waals surface area contributed by atoms with Crippen molar-refractivity contribution in [1.29, 1.82) is 5.39 Å². The fourth-order valence-electron chi connectivity index (χ4n) is 0.634. The Balaban J connectivity index is 3.01. The van der Waals surface area contributed by atoms with Gasteiger partial charge in [-0.25, -0.2) is 0 Å². The van der Waals surface area contributed by atoms with Crippen LogP contribution in [-0.4, -0.2) is 0 Å². The van der Waals surface area contributed by atoms with Crippen molar-refractivity contribution in [3.63, 3.8) is 0 Å². The van der Waals surface area contributed by atoms with E-state index in [2.05, 4.69) is 10.5 Å². The summed E-state index contributed by atoms with van der Waals surface area (Å²) in [5, 5.41) is 11.8. The van der Waals surface area contributed by atoms with Crippen molar-refractivity contribution in [3.05, 3.63) is 33.3 Å². The molecule has 0 atom stereocenters. The molecule has 11 heavy (non-hydrogen) atoms. The lowest BCUT2D eigenvalue weighted by Crippen LogP contribution is -1.83. The largest absolute Gasteiger partial charge is 0.308 e. The average Bonchev–Trinajstić information content (AvgIpc) is 1.95. The predicted octanol–water partition coefficient (Wildman–Crippen LogP) is 3.17. The van der Waals surface area contributed by atoms with Crippen molar-refractivity contribution in [2.24, 2.45) is 0 Å². The number of nitrogens with one attached hydrogen (secondary N) is 1. The van der Waals surface area contributed by atoms with E-state index in [1.807, 2.05) is 0 Å². The maximum absolute atomic E-state index is 8.14. The second kappa shape index (κ2) is 3.42. The van der Waals surface area contributed by atoms with Crippen LogP contribution >= 0.6 is 23.2 Å². The van der Waals surface area contributed by atoms with Crippen molar-refractivity contribution < 1.29 is 0 Å². The van der Waals surface area contributed by atoms with Gasteiger partial charge in [0.25, 0.3) is 5.39 Å². The minimum Gasteiger partial charge on any atom is -0.0843 e. The second-order valence-corrected chi connectivity index (χ2v) is 2.68. The van der Waals surface area contributed by atoms with Crippen LogP contribution in [0.1, 0.15) is 0 Å². The predicted molar refractivity (Wildman–Crippen MR) is 45.2 cm³/mol. The summed E-state index contributed by atoms with van der Waals surface area (Å²) in [5.41, 5.74) is 2.81. The number of halogens is 2. The zero-order chi connectivity index (χ0) is 8.27. The minimum absolute atomic E-state index is 0.412. The fourth-order valence-corrected chi connectivity index (χ4v) is 1.08. The Labute approximate surface area is 73.5 Å². The first-order chi connectivity index (χ1) is 5.24. The highest BCUT2D eigenvalue weighted by molar-refractivity contribution is 6.36. The number of anilines is 1. The molecule has 0 amide bonds. The molecule has 1 aromatic carbocycles. The van der Waals surface area contributed by atoms with E-state index < -0.39 is 0 Å². The molecule has 0 aliphatic heterocycles. The maximum Gasteiger partial charge on any atom is 0.308 e. The highest BCUT2D eigenvalue weighted by Gasteiger charge is 2.03. The molecular weight excluding hydrogens is 185 g/mol. The lowest BCUT2D eigenvalue weighted by molar-refractivity contribution is 1.39. The summed E-state index contributed by atoms with van der Waals surface area (Å²) in [5.74, 6) is 0. The average molecular weight is 189 g/mol. The number of hydrogen-bond donors (Lipinski definition) is 1. The van der Waals surface area contributed by atoms with Crippen LogP contribution in [0.25, 0.3) is 5.08 Å². The summed E-state index contributed by atoms with van der Waals surface area (Å²) in [4.78, 5) is 0. The topological polar surface area (TPSA) is 40.2 Å². The monoisotopic (exact) mass is 188 g/mol. The Morgan fingerprint density at radius 2 is 2.09 bits per heavy atom. The van der Waals surface area contributed by atoms with Crippen molar-refractivity contribution in [1.82, 2.24) is 0 Å². The van der Waals surface area contributed by atoms with Gasteiger partial charge in [0.2, 0.25) is 0 Å². The van der Waals surface area contributed by atoms with Crippen LogP contribution in [0.4, 0.5) is 5.69 Å². The third kappa shape index (κ3) is 1.97. The normalized spacial score (nSPS) is 8.82. The van der Waals surface area contributed by atoms with E-state index in [1.165, 1.54) is 0 Å². The molecule has 0 radical (unpaired) electrons. The summed E-state index contributed by atoms with van der Waals surface area (Å²) >= 11 is 11.3. The van der Waals surface area contributed by atoms with Crippen LogP contribution < -0.4 is 5.43 Å². The molecule has 0 saturated carbocycles. The lowest BCUT2D eigenvalue weighted by Gasteiger charge is -1.93. The zero-order valence-corrected chi connectivity index (χ0v) is 6.89. The SMILES string of the molecule is N#[N+]Nc1ccc(Cl)cc1Cl. The molecule has 0 unspecified atom stereocenters. The number of hydrogen-bond acceptors (Lipinski definition) is 2. The molecule has 0 bridgehead atoms. The molecule has 5 heteroatoms. The number of benzene rings is 1. The first-order valence-electron chi connectivity index (χ1n) is 2.79. The molecule has 0 fully saturated rings. The Bertz CT molecular complexity index is 305. The molecule has 0 spiro atoms. The van der Waals surface area contributed by atoms with Crippen LogP contribution in [-0.2, 0) is 0 Å². The van der Waals surface area contributed by atoms with E-state index >= 15 is 0 Å². The summed E-state index contributed by atoms with van der Waals surface area (Å²) in [6.07, 6.45) is 0. The van der Waals surface area contributed by atoms with Gasteiger partial charge in [0.1, 0.15) is 5.69 Å². The van der Waals surface area contributed by atoms with Gasteiger partial charge in [-0.3, -0.25) is 0 Å². The van der Waals surface area contributed by atoms with Crippen LogP contribution in [0.5, 0.6) is 0 Å². The summed E-state index contributed by atoms with van der Waals surface area (Å²) in [6.45, 7) is 0. The smallest absolute Gasteiger partial charge is 0.0843 e. The molecule has 0 heterocycles. The van der Waals surface area contributed by atoms with E-state index in [4.69, 9.17) is 28.6 Å². The maximum atomic E-state index is 8.14. The van der Waals surface area contributed by atoms with Crippen LogP contribution in [0.15, 0.2) is 18.2 Å². The molecule has 0 aliphatic rings. The van der Waals surface area contributed by atoms with Gasteiger partial charge >= 0.3 is 5.08 Å². The van der Waals surface area contributed by atoms with Gasteiger partial charge in [0.15, 0.2) is 0 Å². The summed E-state index contributed by atoms with van der Waals surface area (Å²) in [6, 6.07) is 4.81. The van der Waals surface area contributed by atoms with Gasteiger partial charge in [0, 0.05) is 5.02 Å². The van der Waals surface area contributed by atoms with Gasteiger partial charge in [-0.15, -0.1) is 0 Å². The lowest BCUT2D eigenvalue weighted by atomic mass is 10.3. The highest BCUT2D eigenvalue weighted by Crippen LogP contribution is 2.24. The highest BCUT2D eigenvalue weighted by atomic mass is 35.5. The Morgan fingerprint density at radius 1 is 1.36 bits per heavy atom. The van der Waals surface area contributed by atoms with E-state index in [-0.39, 0.29) is 0 Å². The van der Waals surface area contributed by atoms with Gasteiger partial charge < -0.3 is 0 Å². The molecule has 1 N–H and O–H groups in total. The van der Waals surface area contributed by atoms with Gasteiger partial charge in [0.05, 0.1) is 5.02 Å². The minimum atomic E-state index is 0.412. The zero-order valence-electron chi connectivity index (χ0n) is 5.38.